The van der Waals surface area contributed by atoms with Gasteiger partial charge in [0.25, 0.3) is 5.22 Å². The molecule has 0 aliphatic heterocycles. The molecule has 0 bridgehead atoms. The number of aromatic nitrogens is 4. The Bertz CT molecular complexity index is 1210. The van der Waals surface area contributed by atoms with E-state index in [1.165, 1.54) is 7.11 Å². The Balaban J connectivity index is 1.55. The minimum absolute atomic E-state index is 0.00568. The maximum Gasteiger partial charge on any atom is 0.345 e. The van der Waals surface area contributed by atoms with Crippen molar-refractivity contribution in [3.8, 4) is 17.2 Å². The number of aromatic amines is 1. The summed E-state index contributed by atoms with van der Waals surface area (Å²) in [6, 6.07) is 14.5. The molecule has 0 spiro atoms. The smallest absolute Gasteiger partial charge is 0.345 e. The molecule has 0 aliphatic rings. The van der Waals surface area contributed by atoms with Gasteiger partial charge >= 0.3 is 5.97 Å². The number of para-hydroxylation sites is 2. The number of carbonyl (C=O) groups excluding carboxylic acids is 1. The third kappa shape index (κ3) is 4.38. The van der Waals surface area contributed by atoms with Crippen LogP contribution in [-0.2, 0) is 9.53 Å². The summed E-state index contributed by atoms with van der Waals surface area (Å²) in [7, 11) is 2.83. The molecule has 2 aromatic heterocycles. The van der Waals surface area contributed by atoms with Gasteiger partial charge in [0.1, 0.15) is 22.9 Å². The number of benzene rings is 2. The molecule has 0 saturated heterocycles. The quantitative estimate of drug-likeness (QED) is 0.192. The van der Waals surface area contributed by atoms with Crippen molar-refractivity contribution in [3.63, 3.8) is 0 Å². The molecule has 2 heterocycles. The van der Waals surface area contributed by atoms with Crippen LogP contribution in [0.4, 0.5) is 0 Å². The van der Waals surface area contributed by atoms with Gasteiger partial charge in [-0.15, -0.1) is 10.2 Å². The molecular weight excluding hydrogens is 420 g/mol. The van der Waals surface area contributed by atoms with Crippen molar-refractivity contribution >= 4 is 34.3 Å². The highest BCUT2D eigenvalue weighted by Crippen LogP contribution is 2.28. The number of thioether (sulfide) groups is 1. The maximum atomic E-state index is 12.3. The van der Waals surface area contributed by atoms with Crippen LogP contribution in [-0.4, -0.2) is 51.2 Å². The minimum Gasteiger partial charge on any atom is -0.510 e. The molecule has 0 amide bonds. The van der Waals surface area contributed by atoms with Crippen LogP contribution in [0.25, 0.3) is 28.1 Å². The summed E-state index contributed by atoms with van der Waals surface area (Å²) in [5, 5.41) is 18.9. The molecule has 0 saturated carbocycles. The molecule has 9 nitrogen and oxygen atoms in total. The predicted molar refractivity (Wildman–Crippen MR) is 115 cm³/mol. The molecule has 0 aliphatic carbocycles. The highest BCUT2D eigenvalue weighted by atomic mass is 32.2. The number of hydrogen-bond donors (Lipinski definition) is 2. The van der Waals surface area contributed by atoms with E-state index in [2.05, 4.69) is 20.2 Å². The van der Waals surface area contributed by atoms with Crippen molar-refractivity contribution in [2.24, 2.45) is 0 Å². The highest BCUT2D eigenvalue weighted by Gasteiger charge is 2.23. The van der Waals surface area contributed by atoms with Crippen LogP contribution < -0.4 is 4.74 Å². The number of aliphatic hydroxyl groups excluding tert-OH is 1. The van der Waals surface area contributed by atoms with Gasteiger partial charge in [0, 0.05) is 5.56 Å². The molecule has 0 fully saturated rings. The molecule has 2 aromatic carbocycles. The van der Waals surface area contributed by atoms with E-state index in [9.17, 15) is 9.90 Å². The predicted octanol–water partition coefficient (Wildman–Crippen LogP) is 3.86. The zero-order valence-corrected chi connectivity index (χ0v) is 17.5. The summed E-state index contributed by atoms with van der Waals surface area (Å²) in [4.78, 5) is 19.7. The lowest BCUT2D eigenvalue weighted by atomic mass is 10.2. The molecule has 4 rings (SSSR count). The molecule has 0 radical (unpaired) electrons. The number of imidazole rings is 1. The fourth-order valence-corrected chi connectivity index (χ4v) is 3.49. The molecular formula is C21H18N4O5S. The first-order valence-electron chi connectivity index (χ1n) is 9.15. The van der Waals surface area contributed by atoms with Crippen LogP contribution in [0.3, 0.4) is 0 Å². The van der Waals surface area contributed by atoms with E-state index in [1.54, 1.807) is 37.4 Å². The number of nitrogens with one attached hydrogen (secondary N) is 1. The van der Waals surface area contributed by atoms with Crippen LogP contribution in [0.5, 0.6) is 5.75 Å². The average molecular weight is 438 g/mol. The number of fused-ring (bicyclic) bond motifs is 1. The normalized spacial score (nSPS) is 11.9. The van der Waals surface area contributed by atoms with Gasteiger partial charge < -0.3 is 24.0 Å². The van der Waals surface area contributed by atoms with Gasteiger partial charge in [-0.05, 0) is 36.4 Å². The first kappa shape index (κ1) is 20.5. The van der Waals surface area contributed by atoms with Gasteiger partial charge in [-0.1, -0.05) is 23.9 Å². The van der Waals surface area contributed by atoms with E-state index in [0.717, 1.165) is 22.8 Å². The second kappa shape index (κ2) is 8.92. The second-order valence-electron chi connectivity index (χ2n) is 6.31. The summed E-state index contributed by atoms with van der Waals surface area (Å²) in [5.41, 5.74) is 2.08. The lowest BCUT2D eigenvalue weighted by molar-refractivity contribution is -0.133. The molecule has 158 valence electrons. The Morgan fingerprint density at radius 2 is 1.90 bits per heavy atom. The zero-order valence-electron chi connectivity index (χ0n) is 16.7. The first-order valence-corrected chi connectivity index (χ1v) is 10.1. The van der Waals surface area contributed by atoms with Crippen LogP contribution in [0.2, 0.25) is 0 Å². The highest BCUT2D eigenvalue weighted by molar-refractivity contribution is 7.99. The first-order chi connectivity index (χ1) is 15.1. The van der Waals surface area contributed by atoms with Crippen LogP contribution in [0.1, 0.15) is 5.82 Å². The Morgan fingerprint density at radius 3 is 2.61 bits per heavy atom. The van der Waals surface area contributed by atoms with Crippen LogP contribution >= 0.6 is 11.8 Å². The number of nitrogens with zero attached hydrogens (tertiary/aromatic N) is 3. The van der Waals surface area contributed by atoms with E-state index in [4.69, 9.17) is 13.9 Å². The molecule has 0 unspecified atom stereocenters. The van der Waals surface area contributed by atoms with Crippen LogP contribution in [0.15, 0.2) is 63.9 Å². The summed E-state index contributed by atoms with van der Waals surface area (Å²) < 4.78 is 15.6. The van der Waals surface area contributed by atoms with Crippen molar-refractivity contribution < 1.29 is 23.8 Å². The summed E-state index contributed by atoms with van der Waals surface area (Å²) in [6.07, 6.45) is 0. The zero-order chi connectivity index (χ0) is 21.8. The largest absolute Gasteiger partial charge is 0.510 e. The molecule has 10 heteroatoms. The molecule has 31 heavy (non-hydrogen) atoms. The Hall–Kier alpha value is -3.79. The van der Waals surface area contributed by atoms with Gasteiger partial charge in [0.05, 0.1) is 31.0 Å². The number of esters is 1. The Kier molecular flexibility index (Phi) is 5.89. The number of carbonyl (C=O) groups is 1. The molecule has 2 N–H and O–H groups in total. The Morgan fingerprint density at radius 1 is 1.13 bits per heavy atom. The standard InChI is InChI=1S/C21H18N4O5S/c1-28-13-9-7-12(8-10-13)19-24-25-21(30-19)31-11-16(26)17(20(27)29-2)18-22-14-5-3-4-6-15(14)23-18/h3-10,26H,11H2,1-2H3,(H,22,23). The van der Waals surface area contributed by atoms with Crippen molar-refractivity contribution in [2.75, 3.05) is 20.0 Å². The number of H-pyrrole nitrogens is 1. The lowest BCUT2D eigenvalue weighted by Gasteiger charge is -2.06. The van der Waals surface area contributed by atoms with Crippen molar-refractivity contribution in [3.05, 3.63) is 60.1 Å². The summed E-state index contributed by atoms with van der Waals surface area (Å²) >= 11 is 1.09. The molecule has 0 atom stereocenters. The SMILES string of the molecule is COC(=O)C(=C(O)CSc1nnc(-c2ccc(OC)cc2)o1)c1nc2ccccc2[nH]1. The fraction of sp³-hybridized carbons (Fsp3) is 0.143. The second-order valence-corrected chi connectivity index (χ2v) is 7.23. The number of hydrogen-bond acceptors (Lipinski definition) is 9. The number of methoxy groups -OCH3 is 2. The third-order valence-electron chi connectivity index (χ3n) is 4.38. The van der Waals surface area contributed by atoms with Crippen molar-refractivity contribution in [1.29, 1.82) is 0 Å². The van der Waals surface area contributed by atoms with Gasteiger partial charge in [-0.25, -0.2) is 9.78 Å². The summed E-state index contributed by atoms with van der Waals surface area (Å²) in [5.74, 6) is 0.344. The number of rotatable bonds is 7. The average Bonchev–Trinajstić information content (AvgIpc) is 3.44. The third-order valence-corrected chi connectivity index (χ3v) is 5.21. The molecule has 4 aromatic rings. The van der Waals surface area contributed by atoms with Gasteiger partial charge in [-0.2, -0.15) is 0 Å². The fourth-order valence-electron chi connectivity index (χ4n) is 2.85. The van der Waals surface area contributed by atoms with Gasteiger partial charge in [0.2, 0.25) is 5.89 Å². The minimum atomic E-state index is -0.707. The monoisotopic (exact) mass is 438 g/mol. The van der Waals surface area contributed by atoms with Crippen LogP contribution in [0, 0.1) is 0 Å². The van der Waals surface area contributed by atoms with Crippen molar-refractivity contribution in [1.82, 2.24) is 20.2 Å². The topological polar surface area (TPSA) is 123 Å². The van der Waals surface area contributed by atoms with E-state index >= 15 is 0 Å². The summed E-state index contributed by atoms with van der Waals surface area (Å²) in [6.45, 7) is 0. The van der Waals surface area contributed by atoms with E-state index in [-0.39, 0.29) is 28.1 Å². The lowest BCUT2D eigenvalue weighted by Crippen LogP contribution is -2.09. The van der Waals surface area contributed by atoms with Gasteiger partial charge in [-0.3, -0.25) is 0 Å². The van der Waals surface area contributed by atoms with Crippen molar-refractivity contribution in [2.45, 2.75) is 5.22 Å². The van der Waals surface area contributed by atoms with Gasteiger partial charge in [0.15, 0.2) is 0 Å². The van der Waals surface area contributed by atoms with E-state index < -0.39 is 5.97 Å². The number of ether oxygens (including phenoxy) is 2. The maximum absolute atomic E-state index is 12.3. The number of aliphatic hydroxyl groups is 1. The van der Waals surface area contributed by atoms with E-state index in [1.807, 2.05) is 18.2 Å². The Labute approximate surface area is 181 Å². The van der Waals surface area contributed by atoms with E-state index in [0.29, 0.717) is 17.2 Å².